The topological polar surface area (TPSA) is 0 Å². The molecule has 0 aromatic heterocycles. The molecule has 0 nitrogen and oxygen atoms in total. The molecule has 54 valence electrons. The Hall–Kier alpha value is -0.560. The molecule has 0 aromatic rings. The van der Waals surface area contributed by atoms with Gasteiger partial charge in [0.25, 0.3) is 0 Å². The molecule has 0 amide bonds. The van der Waals surface area contributed by atoms with Crippen LogP contribution < -0.4 is 0 Å². The monoisotopic (exact) mass is 198 g/mol. The van der Waals surface area contributed by atoms with Crippen molar-refractivity contribution in [3.8, 4) is 0 Å². The molecule has 0 radical (unpaired) electrons. The average Bonchev–Trinajstić information content (AvgIpc) is 1.99. The fraction of sp³-hybridized carbons (Fsp3) is 0.111. The van der Waals surface area contributed by atoms with Crippen LogP contribution in [0.1, 0.15) is 6.92 Å². The Kier molecular flexibility index (Phi) is 4.95. The van der Waals surface area contributed by atoms with E-state index in [1.165, 1.54) is 0 Å². The fourth-order valence-corrected chi connectivity index (χ4v) is 0.833. The van der Waals surface area contributed by atoms with E-state index in [4.69, 9.17) is 0 Å². The van der Waals surface area contributed by atoms with Crippen molar-refractivity contribution in [2.24, 2.45) is 0 Å². The summed E-state index contributed by atoms with van der Waals surface area (Å²) in [7, 11) is 0. The third-order valence-corrected chi connectivity index (χ3v) is 1.96. The molecule has 0 atom stereocenters. The number of allylic oxidation sites excluding steroid dienone is 6. The van der Waals surface area contributed by atoms with E-state index in [1.807, 2.05) is 19.1 Å². The molecule has 0 N–H and O–H groups in total. The summed E-state index contributed by atoms with van der Waals surface area (Å²) >= 11 is 3.38. The molecule has 0 saturated carbocycles. The summed E-state index contributed by atoms with van der Waals surface area (Å²) in [4.78, 5) is 0. The molecule has 0 fully saturated rings. The SMILES string of the molecule is C=C/C=C(C=C)\C(Br)=C/C. The largest absolute Gasteiger partial charge is 0.0990 e. The minimum Gasteiger partial charge on any atom is -0.0990 e. The molecule has 0 spiro atoms. The maximum absolute atomic E-state index is 3.66. The quantitative estimate of drug-likeness (QED) is 0.609. The van der Waals surface area contributed by atoms with Gasteiger partial charge in [0.05, 0.1) is 0 Å². The van der Waals surface area contributed by atoms with Gasteiger partial charge in [-0.2, -0.15) is 0 Å². The Bertz CT molecular complexity index is 185. The Morgan fingerprint density at radius 2 is 2.00 bits per heavy atom. The first-order valence-corrected chi connectivity index (χ1v) is 3.83. The maximum Gasteiger partial charge on any atom is 0.0204 e. The molecule has 0 saturated heterocycles. The van der Waals surface area contributed by atoms with Gasteiger partial charge in [0.15, 0.2) is 0 Å². The molecule has 0 unspecified atom stereocenters. The van der Waals surface area contributed by atoms with Crippen LogP contribution >= 0.6 is 15.9 Å². The molecular formula is C9H11Br. The van der Waals surface area contributed by atoms with Crippen LogP contribution in [-0.2, 0) is 0 Å². The number of halogens is 1. The first-order valence-electron chi connectivity index (χ1n) is 3.03. The first-order chi connectivity index (χ1) is 4.76. The van der Waals surface area contributed by atoms with Crippen molar-refractivity contribution in [3.05, 3.63) is 47.5 Å². The van der Waals surface area contributed by atoms with E-state index in [-0.39, 0.29) is 0 Å². The van der Waals surface area contributed by atoms with Gasteiger partial charge in [-0.05, 0) is 12.5 Å². The van der Waals surface area contributed by atoms with Gasteiger partial charge in [0, 0.05) is 4.48 Å². The highest BCUT2D eigenvalue weighted by atomic mass is 79.9. The van der Waals surface area contributed by atoms with Crippen LogP contribution in [0.25, 0.3) is 0 Å². The summed E-state index contributed by atoms with van der Waals surface area (Å²) in [5.74, 6) is 0. The molecule has 0 aliphatic heterocycles. The van der Waals surface area contributed by atoms with Crippen LogP contribution in [0.2, 0.25) is 0 Å². The minimum absolute atomic E-state index is 1.04. The van der Waals surface area contributed by atoms with Gasteiger partial charge in [-0.3, -0.25) is 0 Å². The van der Waals surface area contributed by atoms with E-state index >= 15 is 0 Å². The van der Waals surface area contributed by atoms with Gasteiger partial charge in [0.1, 0.15) is 0 Å². The molecule has 0 heterocycles. The zero-order chi connectivity index (χ0) is 7.98. The molecule has 0 rings (SSSR count). The first kappa shape index (κ1) is 9.44. The lowest BCUT2D eigenvalue weighted by Gasteiger charge is -1.95. The third kappa shape index (κ3) is 2.83. The Balaban J connectivity index is 4.51. The number of hydrogen-bond acceptors (Lipinski definition) is 0. The van der Waals surface area contributed by atoms with E-state index in [9.17, 15) is 0 Å². The molecule has 0 bridgehead atoms. The van der Waals surface area contributed by atoms with Crippen LogP contribution in [-0.4, -0.2) is 0 Å². The van der Waals surface area contributed by atoms with Crippen molar-refractivity contribution in [1.29, 1.82) is 0 Å². The van der Waals surface area contributed by atoms with Crippen molar-refractivity contribution < 1.29 is 0 Å². The smallest absolute Gasteiger partial charge is 0.0204 e. The summed E-state index contributed by atoms with van der Waals surface area (Å²) in [6, 6.07) is 0. The lowest BCUT2D eigenvalue weighted by Crippen LogP contribution is -1.73. The van der Waals surface area contributed by atoms with Crippen LogP contribution in [0.3, 0.4) is 0 Å². The highest BCUT2D eigenvalue weighted by Gasteiger charge is 1.91. The van der Waals surface area contributed by atoms with Gasteiger partial charge >= 0.3 is 0 Å². The van der Waals surface area contributed by atoms with Crippen LogP contribution in [0.4, 0.5) is 0 Å². The standard InChI is InChI=1S/C9H11Br/c1-4-7-8(5-2)9(10)6-3/h4-7H,1-2H2,3H3/b8-7-,9-6+. The molecular weight excluding hydrogens is 188 g/mol. The van der Waals surface area contributed by atoms with Crippen molar-refractivity contribution in [1.82, 2.24) is 0 Å². The summed E-state index contributed by atoms with van der Waals surface area (Å²) in [6.07, 6.45) is 7.39. The predicted molar refractivity (Wildman–Crippen MR) is 51.2 cm³/mol. The Morgan fingerprint density at radius 3 is 2.30 bits per heavy atom. The summed E-state index contributed by atoms with van der Waals surface area (Å²) < 4.78 is 1.04. The molecule has 10 heavy (non-hydrogen) atoms. The fourth-order valence-electron chi connectivity index (χ4n) is 0.539. The van der Waals surface area contributed by atoms with E-state index in [0.717, 1.165) is 10.1 Å². The number of rotatable bonds is 3. The second-order valence-corrected chi connectivity index (χ2v) is 2.55. The third-order valence-electron chi connectivity index (χ3n) is 1.05. The van der Waals surface area contributed by atoms with Gasteiger partial charge in [-0.15, -0.1) is 0 Å². The summed E-state index contributed by atoms with van der Waals surface area (Å²) in [5, 5.41) is 0. The van der Waals surface area contributed by atoms with Crippen LogP contribution in [0.5, 0.6) is 0 Å². The van der Waals surface area contributed by atoms with Gasteiger partial charge in [-0.1, -0.05) is 53.4 Å². The second kappa shape index (κ2) is 5.24. The highest BCUT2D eigenvalue weighted by Crippen LogP contribution is 2.17. The van der Waals surface area contributed by atoms with Crippen molar-refractivity contribution in [3.63, 3.8) is 0 Å². The lowest BCUT2D eigenvalue weighted by molar-refractivity contribution is 1.62. The van der Waals surface area contributed by atoms with Crippen LogP contribution in [0.15, 0.2) is 47.5 Å². The predicted octanol–water partition coefficient (Wildman–Crippen LogP) is 3.58. The number of hydrogen-bond donors (Lipinski definition) is 0. The van der Waals surface area contributed by atoms with Gasteiger partial charge in [-0.25, -0.2) is 0 Å². The van der Waals surface area contributed by atoms with E-state index in [2.05, 4.69) is 29.1 Å². The van der Waals surface area contributed by atoms with E-state index in [0.29, 0.717) is 0 Å². The Labute approximate surface area is 70.8 Å². The van der Waals surface area contributed by atoms with E-state index < -0.39 is 0 Å². The Morgan fingerprint density at radius 1 is 1.40 bits per heavy atom. The van der Waals surface area contributed by atoms with Crippen molar-refractivity contribution in [2.45, 2.75) is 6.92 Å². The van der Waals surface area contributed by atoms with E-state index in [1.54, 1.807) is 12.2 Å². The molecule has 0 aliphatic rings. The second-order valence-electron chi connectivity index (χ2n) is 1.70. The summed E-state index contributed by atoms with van der Waals surface area (Å²) in [5.41, 5.74) is 1.05. The highest BCUT2D eigenvalue weighted by molar-refractivity contribution is 9.12. The molecule has 1 heteroatoms. The van der Waals surface area contributed by atoms with Crippen molar-refractivity contribution in [2.75, 3.05) is 0 Å². The summed E-state index contributed by atoms with van der Waals surface area (Å²) in [6.45, 7) is 9.22. The van der Waals surface area contributed by atoms with Gasteiger partial charge in [0.2, 0.25) is 0 Å². The lowest BCUT2D eigenvalue weighted by atomic mass is 10.2. The van der Waals surface area contributed by atoms with Crippen LogP contribution in [0, 0.1) is 0 Å². The van der Waals surface area contributed by atoms with Crippen molar-refractivity contribution >= 4 is 15.9 Å². The zero-order valence-corrected chi connectivity index (χ0v) is 7.69. The minimum atomic E-state index is 1.04. The molecule has 0 aromatic carbocycles. The zero-order valence-electron chi connectivity index (χ0n) is 6.10. The van der Waals surface area contributed by atoms with Gasteiger partial charge < -0.3 is 0 Å². The molecule has 0 aliphatic carbocycles. The maximum atomic E-state index is 3.66. The average molecular weight is 199 g/mol. The normalized spacial score (nSPS) is 13.0.